The van der Waals surface area contributed by atoms with Crippen LogP contribution in [-0.2, 0) is 13.3 Å². The molecule has 1 aromatic carbocycles. The van der Waals surface area contributed by atoms with E-state index in [1.807, 2.05) is 41.1 Å². The second-order valence-electron chi connectivity index (χ2n) is 5.90. The van der Waals surface area contributed by atoms with Gasteiger partial charge < -0.3 is 18.2 Å². The van der Waals surface area contributed by atoms with Crippen molar-refractivity contribution in [2.75, 3.05) is 38.8 Å². The Labute approximate surface area is 148 Å². The van der Waals surface area contributed by atoms with Gasteiger partial charge in [-0.1, -0.05) is 6.07 Å². The van der Waals surface area contributed by atoms with Gasteiger partial charge in [0.05, 0.1) is 0 Å². The predicted octanol–water partition coefficient (Wildman–Crippen LogP) is 2.84. The summed E-state index contributed by atoms with van der Waals surface area (Å²) in [7, 11) is 1.07. The van der Waals surface area contributed by atoms with Crippen LogP contribution in [0.4, 0.5) is 5.69 Å². The Morgan fingerprint density at radius 2 is 1.58 bits per heavy atom. The first kappa shape index (κ1) is 20.8. The zero-order valence-electron chi connectivity index (χ0n) is 16.1. The molecule has 0 heterocycles. The molecule has 1 aromatic rings. The third kappa shape index (κ3) is 5.41. The van der Waals surface area contributed by atoms with Gasteiger partial charge >= 0.3 is 8.80 Å². The van der Waals surface area contributed by atoms with E-state index < -0.39 is 8.80 Å². The molecular weight excluding hydrogens is 320 g/mol. The molecule has 0 aromatic heterocycles. The molecule has 0 aliphatic rings. The second-order valence-corrected chi connectivity index (χ2v) is 8.42. The van der Waals surface area contributed by atoms with Crippen molar-refractivity contribution < 1.29 is 13.3 Å². The summed E-state index contributed by atoms with van der Waals surface area (Å²) in [6.45, 7) is 11.7. The molecule has 24 heavy (non-hydrogen) atoms. The maximum atomic E-state index is 6.09. The van der Waals surface area contributed by atoms with Crippen LogP contribution in [0.2, 0.25) is 0 Å². The van der Waals surface area contributed by atoms with Gasteiger partial charge in [-0.3, -0.25) is 4.99 Å². The van der Waals surface area contributed by atoms with E-state index in [0.717, 1.165) is 16.4 Å². The minimum atomic E-state index is -2.97. The summed E-state index contributed by atoms with van der Waals surface area (Å²) in [5.74, 6) is 0. The number of benzene rings is 1. The summed E-state index contributed by atoms with van der Waals surface area (Å²) in [4.78, 5) is 6.55. The van der Waals surface area contributed by atoms with E-state index in [1.54, 1.807) is 0 Å². The Hall–Kier alpha value is -1.21. The molecule has 0 fully saturated rings. The van der Waals surface area contributed by atoms with Crippen molar-refractivity contribution in [2.45, 2.75) is 40.7 Å². The molecule has 0 bridgehead atoms. The first-order chi connectivity index (χ1) is 11.4. The van der Waals surface area contributed by atoms with E-state index in [0.29, 0.717) is 19.8 Å². The summed E-state index contributed by atoms with van der Waals surface area (Å²) in [6.07, 6.45) is 1.90. The van der Waals surface area contributed by atoms with Crippen LogP contribution in [0.5, 0.6) is 0 Å². The fraction of sp³-hybridized carbons (Fsp3) is 0.611. The topological polar surface area (TPSA) is 43.3 Å². The van der Waals surface area contributed by atoms with Gasteiger partial charge in [0.1, 0.15) is 0 Å². The van der Waals surface area contributed by atoms with Gasteiger partial charge in [-0.25, -0.2) is 0 Å². The van der Waals surface area contributed by atoms with Gasteiger partial charge in [-0.05, 0) is 52.3 Å². The van der Waals surface area contributed by atoms with Gasteiger partial charge in [0.2, 0.25) is 0 Å². The highest BCUT2D eigenvalue weighted by molar-refractivity contribution is 6.76. The number of anilines is 1. The highest BCUT2D eigenvalue weighted by Crippen LogP contribution is 2.19. The van der Waals surface area contributed by atoms with Crippen LogP contribution in [0.25, 0.3) is 0 Å². The molecule has 0 atom stereocenters. The highest BCUT2D eigenvalue weighted by Gasteiger charge is 2.45. The Kier molecular flexibility index (Phi) is 8.62. The Morgan fingerprint density at radius 1 is 1.04 bits per heavy atom. The van der Waals surface area contributed by atoms with Gasteiger partial charge in [-0.15, -0.1) is 0 Å². The van der Waals surface area contributed by atoms with Crippen molar-refractivity contribution in [3.05, 3.63) is 23.8 Å². The average Bonchev–Trinajstić information content (AvgIpc) is 2.53. The Bertz CT molecular complexity index is 516. The number of hydrogen-bond acceptors (Lipinski definition) is 5. The van der Waals surface area contributed by atoms with Crippen LogP contribution < -0.4 is 10.1 Å². The lowest BCUT2D eigenvalue weighted by Crippen LogP contribution is -2.58. The summed E-state index contributed by atoms with van der Waals surface area (Å²) >= 11 is 0. The van der Waals surface area contributed by atoms with Crippen molar-refractivity contribution in [2.24, 2.45) is 4.99 Å². The van der Waals surface area contributed by atoms with E-state index in [9.17, 15) is 0 Å². The van der Waals surface area contributed by atoms with Crippen LogP contribution >= 0.6 is 0 Å². The maximum Gasteiger partial charge on any atom is 0.539 e. The lowest BCUT2D eigenvalue weighted by Gasteiger charge is -2.32. The first-order valence-electron chi connectivity index (χ1n) is 8.67. The Balaban J connectivity index is 3.48. The van der Waals surface area contributed by atoms with Crippen LogP contribution in [0.3, 0.4) is 0 Å². The van der Waals surface area contributed by atoms with Gasteiger partial charge in [0.15, 0.2) is 0 Å². The number of hydrogen-bond donors (Lipinski definition) is 0. The molecule has 0 saturated carbocycles. The normalized spacial score (nSPS) is 12.3. The largest absolute Gasteiger partial charge is 0.539 e. The number of rotatable bonds is 10. The second kappa shape index (κ2) is 9.93. The molecule has 0 unspecified atom stereocenters. The summed E-state index contributed by atoms with van der Waals surface area (Å²) in [6, 6.07) is 6.49. The van der Waals surface area contributed by atoms with Crippen molar-refractivity contribution in [1.82, 2.24) is 0 Å². The number of nitrogens with zero attached hydrogens (tertiary/aromatic N) is 2. The van der Waals surface area contributed by atoms with Crippen molar-refractivity contribution in [3.63, 3.8) is 0 Å². The van der Waals surface area contributed by atoms with Crippen LogP contribution in [0.15, 0.2) is 23.2 Å². The quantitative estimate of drug-likeness (QED) is 0.480. The molecule has 136 valence electrons. The van der Waals surface area contributed by atoms with E-state index in [2.05, 4.69) is 41.9 Å². The van der Waals surface area contributed by atoms with Gasteiger partial charge in [0.25, 0.3) is 0 Å². The van der Waals surface area contributed by atoms with Crippen LogP contribution in [0, 0.1) is 0 Å². The molecule has 0 amide bonds. The molecule has 0 spiro atoms. The summed E-state index contributed by atoms with van der Waals surface area (Å²) in [5.41, 5.74) is 2.08. The van der Waals surface area contributed by atoms with Crippen molar-refractivity contribution >= 4 is 25.9 Å². The predicted molar refractivity (Wildman–Crippen MR) is 104 cm³/mol. The molecule has 1 rings (SSSR count). The monoisotopic (exact) mass is 352 g/mol. The van der Waals surface area contributed by atoms with Crippen LogP contribution in [-0.4, -0.2) is 55.0 Å². The van der Waals surface area contributed by atoms with Crippen molar-refractivity contribution in [1.29, 1.82) is 0 Å². The lowest BCUT2D eigenvalue weighted by atomic mass is 10.2. The van der Waals surface area contributed by atoms with E-state index >= 15 is 0 Å². The third-order valence-corrected chi connectivity index (χ3v) is 6.42. The minimum absolute atomic E-state index is 0.259. The molecule has 0 aliphatic carbocycles. The van der Waals surface area contributed by atoms with E-state index in [4.69, 9.17) is 13.3 Å². The standard InChI is InChI=1S/C18H32N2O3Si/c1-8-21-24(22-9-2,23-10-3)18-13-16(14-19-15(4)5)11-12-17(18)20(6)7/h11-15H,8-10H2,1-7H3. The lowest BCUT2D eigenvalue weighted by molar-refractivity contribution is 0.0860. The number of aliphatic imine (C=N–C) groups is 1. The summed E-state index contributed by atoms with van der Waals surface area (Å²) < 4.78 is 18.3. The molecule has 0 radical (unpaired) electrons. The SMILES string of the molecule is CCO[Si](OCC)(OCC)c1cc(C=NC(C)C)ccc1N(C)C. The molecule has 5 nitrogen and oxygen atoms in total. The third-order valence-electron chi connectivity index (χ3n) is 3.36. The van der Waals surface area contributed by atoms with Gasteiger partial charge in [-0.2, -0.15) is 0 Å². The molecule has 0 N–H and O–H groups in total. The highest BCUT2D eigenvalue weighted by atomic mass is 28.4. The molecular formula is C18H32N2O3Si. The minimum Gasteiger partial charge on any atom is -0.378 e. The first-order valence-corrected chi connectivity index (χ1v) is 10.4. The fourth-order valence-corrected chi connectivity index (χ4v) is 5.25. The average molecular weight is 353 g/mol. The maximum absolute atomic E-state index is 6.09. The van der Waals surface area contributed by atoms with E-state index in [1.165, 1.54) is 0 Å². The fourth-order valence-electron chi connectivity index (χ4n) is 2.43. The summed E-state index contributed by atoms with van der Waals surface area (Å²) in [5, 5.41) is 0.991. The molecule has 6 heteroatoms. The smallest absolute Gasteiger partial charge is 0.378 e. The molecule has 0 aliphatic heterocycles. The van der Waals surface area contributed by atoms with E-state index in [-0.39, 0.29) is 6.04 Å². The van der Waals surface area contributed by atoms with Gasteiger partial charge in [0, 0.05) is 57.0 Å². The van der Waals surface area contributed by atoms with Crippen LogP contribution in [0.1, 0.15) is 40.2 Å². The van der Waals surface area contributed by atoms with Crippen molar-refractivity contribution in [3.8, 4) is 0 Å². The Morgan fingerprint density at radius 3 is 2.00 bits per heavy atom. The zero-order valence-corrected chi connectivity index (χ0v) is 17.1. The zero-order chi connectivity index (χ0) is 18.2. The molecule has 0 saturated heterocycles.